The van der Waals surface area contributed by atoms with Crippen LogP contribution in [0.3, 0.4) is 0 Å². The predicted octanol–water partition coefficient (Wildman–Crippen LogP) is 2.85. The Kier molecular flexibility index (Phi) is 5.00. The van der Waals surface area contributed by atoms with E-state index in [0.717, 1.165) is 18.1 Å². The second-order valence-electron chi connectivity index (χ2n) is 4.94. The molecule has 0 saturated carbocycles. The van der Waals surface area contributed by atoms with Crippen molar-refractivity contribution in [2.45, 2.75) is 40.3 Å². The van der Waals surface area contributed by atoms with Gasteiger partial charge >= 0.3 is 0 Å². The second-order valence-corrected chi connectivity index (χ2v) is 4.94. The van der Waals surface area contributed by atoms with Crippen molar-refractivity contribution in [2.75, 3.05) is 5.32 Å². The summed E-state index contributed by atoms with van der Waals surface area (Å²) in [6, 6.07) is 2.44. The molecule has 0 aliphatic carbocycles. The van der Waals surface area contributed by atoms with Gasteiger partial charge in [0.25, 0.3) is 0 Å². The van der Waals surface area contributed by atoms with E-state index in [4.69, 9.17) is 0 Å². The molecular formula is C13H22ClN5. The summed E-state index contributed by atoms with van der Waals surface area (Å²) < 4.78 is 3.91. The van der Waals surface area contributed by atoms with E-state index in [2.05, 4.69) is 36.3 Å². The highest BCUT2D eigenvalue weighted by atomic mass is 35.5. The maximum absolute atomic E-state index is 4.40. The topological polar surface area (TPSA) is 47.7 Å². The van der Waals surface area contributed by atoms with Gasteiger partial charge in [0, 0.05) is 42.7 Å². The molecule has 0 radical (unpaired) electrons. The fourth-order valence-electron chi connectivity index (χ4n) is 1.99. The Morgan fingerprint density at radius 3 is 2.47 bits per heavy atom. The highest BCUT2D eigenvalue weighted by Crippen LogP contribution is 2.14. The minimum atomic E-state index is 0. The molecule has 0 aliphatic heterocycles. The molecule has 2 aromatic heterocycles. The second kappa shape index (κ2) is 6.10. The van der Waals surface area contributed by atoms with Gasteiger partial charge in [0.2, 0.25) is 0 Å². The first-order chi connectivity index (χ1) is 8.49. The third-order valence-electron chi connectivity index (χ3n) is 3.21. The Morgan fingerprint density at radius 1 is 1.32 bits per heavy atom. The summed E-state index contributed by atoms with van der Waals surface area (Å²) in [4.78, 5) is 0. The smallest absolute Gasteiger partial charge is 0.148 e. The van der Waals surface area contributed by atoms with Crippen LogP contribution in [0.25, 0.3) is 0 Å². The van der Waals surface area contributed by atoms with Gasteiger partial charge < -0.3 is 5.32 Å². The largest absolute Gasteiger partial charge is 0.364 e. The molecule has 0 unspecified atom stereocenters. The maximum atomic E-state index is 4.40. The molecule has 106 valence electrons. The molecule has 0 saturated heterocycles. The van der Waals surface area contributed by atoms with Crippen LogP contribution in [-0.4, -0.2) is 19.6 Å². The SMILES string of the molecule is Cc1cc(NCc2cnn(C(C)C)c2C)nn1C.Cl. The lowest BCUT2D eigenvalue weighted by molar-refractivity contribution is 0.518. The number of halogens is 1. The molecule has 0 aromatic carbocycles. The summed E-state index contributed by atoms with van der Waals surface area (Å²) in [5.74, 6) is 0.909. The highest BCUT2D eigenvalue weighted by molar-refractivity contribution is 5.85. The molecule has 5 nitrogen and oxygen atoms in total. The first-order valence-corrected chi connectivity index (χ1v) is 6.26. The van der Waals surface area contributed by atoms with Crippen LogP contribution >= 0.6 is 12.4 Å². The van der Waals surface area contributed by atoms with Crippen LogP contribution in [0.15, 0.2) is 12.3 Å². The van der Waals surface area contributed by atoms with Crippen LogP contribution in [0.2, 0.25) is 0 Å². The number of nitrogens with zero attached hydrogens (tertiary/aromatic N) is 4. The van der Waals surface area contributed by atoms with Crippen molar-refractivity contribution < 1.29 is 0 Å². The number of hydrogen-bond acceptors (Lipinski definition) is 3. The molecule has 0 atom stereocenters. The van der Waals surface area contributed by atoms with Crippen molar-refractivity contribution in [1.82, 2.24) is 19.6 Å². The van der Waals surface area contributed by atoms with Crippen molar-refractivity contribution in [3.8, 4) is 0 Å². The van der Waals surface area contributed by atoms with E-state index in [-0.39, 0.29) is 12.4 Å². The van der Waals surface area contributed by atoms with Gasteiger partial charge in [0.15, 0.2) is 0 Å². The first-order valence-electron chi connectivity index (χ1n) is 6.26. The van der Waals surface area contributed by atoms with Gasteiger partial charge in [-0.25, -0.2) is 0 Å². The van der Waals surface area contributed by atoms with Gasteiger partial charge in [-0.1, -0.05) is 0 Å². The van der Waals surface area contributed by atoms with E-state index >= 15 is 0 Å². The molecular weight excluding hydrogens is 262 g/mol. The van der Waals surface area contributed by atoms with Gasteiger partial charge in [0.1, 0.15) is 5.82 Å². The Balaban J connectivity index is 0.00000180. The van der Waals surface area contributed by atoms with Gasteiger partial charge in [-0.05, 0) is 27.7 Å². The van der Waals surface area contributed by atoms with Crippen molar-refractivity contribution in [1.29, 1.82) is 0 Å². The number of nitrogens with one attached hydrogen (secondary N) is 1. The predicted molar refractivity (Wildman–Crippen MR) is 79.9 cm³/mol. The minimum absolute atomic E-state index is 0. The zero-order valence-electron chi connectivity index (χ0n) is 12.1. The summed E-state index contributed by atoms with van der Waals surface area (Å²) >= 11 is 0. The Labute approximate surface area is 120 Å². The van der Waals surface area contributed by atoms with Crippen LogP contribution in [0.4, 0.5) is 5.82 Å². The Hall–Kier alpha value is -1.49. The van der Waals surface area contributed by atoms with Crippen LogP contribution in [0.5, 0.6) is 0 Å². The molecule has 2 rings (SSSR count). The van der Waals surface area contributed by atoms with Crippen LogP contribution in [0, 0.1) is 13.8 Å². The quantitative estimate of drug-likeness (QED) is 0.939. The zero-order chi connectivity index (χ0) is 13.3. The zero-order valence-corrected chi connectivity index (χ0v) is 13.0. The molecule has 1 N–H and O–H groups in total. The van der Waals surface area contributed by atoms with Crippen LogP contribution < -0.4 is 5.32 Å². The molecule has 2 heterocycles. The number of anilines is 1. The van der Waals surface area contributed by atoms with Crippen LogP contribution in [-0.2, 0) is 13.6 Å². The van der Waals surface area contributed by atoms with E-state index in [1.54, 1.807) is 0 Å². The summed E-state index contributed by atoms with van der Waals surface area (Å²) in [5, 5.41) is 12.1. The van der Waals surface area contributed by atoms with E-state index in [1.165, 1.54) is 11.3 Å². The summed E-state index contributed by atoms with van der Waals surface area (Å²) in [5.41, 5.74) is 3.57. The van der Waals surface area contributed by atoms with E-state index in [1.807, 2.05) is 35.6 Å². The number of aryl methyl sites for hydroxylation is 2. The molecule has 0 aliphatic rings. The lowest BCUT2D eigenvalue weighted by atomic mass is 10.2. The van der Waals surface area contributed by atoms with Crippen molar-refractivity contribution >= 4 is 18.2 Å². The third-order valence-corrected chi connectivity index (χ3v) is 3.21. The molecule has 2 aromatic rings. The van der Waals surface area contributed by atoms with Crippen molar-refractivity contribution in [2.24, 2.45) is 7.05 Å². The summed E-state index contributed by atoms with van der Waals surface area (Å²) in [7, 11) is 1.95. The monoisotopic (exact) mass is 283 g/mol. The molecule has 0 fully saturated rings. The molecule has 0 spiro atoms. The van der Waals surface area contributed by atoms with Crippen molar-refractivity contribution in [3.63, 3.8) is 0 Å². The molecule has 6 heteroatoms. The lowest BCUT2D eigenvalue weighted by Crippen LogP contribution is -2.06. The first kappa shape index (κ1) is 15.6. The fourth-order valence-corrected chi connectivity index (χ4v) is 1.99. The van der Waals surface area contributed by atoms with Crippen LogP contribution in [0.1, 0.15) is 36.8 Å². The lowest BCUT2D eigenvalue weighted by Gasteiger charge is -2.09. The van der Waals surface area contributed by atoms with E-state index < -0.39 is 0 Å². The number of hydrogen-bond donors (Lipinski definition) is 1. The van der Waals surface area contributed by atoms with Gasteiger partial charge in [-0.2, -0.15) is 10.2 Å². The standard InChI is InChI=1S/C13H21N5.ClH/c1-9(2)18-11(4)12(8-15-18)7-14-13-6-10(3)17(5)16-13;/h6,8-9H,7H2,1-5H3,(H,14,16);1H. The molecule has 19 heavy (non-hydrogen) atoms. The minimum Gasteiger partial charge on any atom is -0.364 e. The van der Waals surface area contributed by atoms with Gasteiger partial charge in [0.05, 0.1) is 6.20 Å². The average Bonchev–Trinajstić information content (AvgIpc) is 2.81. The Morgan fingerprint density at radius 2 is 2.00 bits per heavy atom. The molecule has 0 bridgehead atoms. The normalized spacial score (nSPS) is 10.6. The van der Waals surface area contributed by atoms with Crippen molar-refractivity contribution in [3.05, 3.63) is 29.2 Å². The summed E-state index contributed by atoms with van der Waals surface area (Å²) in [6.45, 7) is 9.18. The fraction of sp³-hybridized carbons (Fsp3) is 0.538. The number of aromatic nitrogens is 4. The molecule has 0 amide bonds. The van der Waals surface area contributed by atoms with E-state index in [9.17, 15) is 0 Å². The van der Waals surface area contributed by atoms with E-state index in [0.29, 0.717) is 6.04 Å². The third kappa shape index (κ3) is 3.29. The summed E-state index contributed by atoms with van der Waals surface area (Å²) in [6.07, 6.45) is 1.93. The number of rotatable bonds is 4. The highest BCUT2D eigenvalue weighted by Gasteiger charge is 2.09. The van der Waals surface area contributed by atoms with Gasteiger partial charge in [-0.3, -0.25) is 9.36 Å². The maximum Gasteiger partial charge on any atom is 0.148 e. The van der Waals surface area contributed by atoms with Gasteiger partial charge in [-0.15, -0.1) is 12.4 Å². The average molecular weight is 284 g/mol. The Bertz CT molecular complexity index is 522.